The molecule has 0 amide bonds. The van der Waals surface area contributed by atoms with Gasteiger partial charge in [-0.15, -0.1) is 0 Å². The molecule has 2 heterocycles. The molecule has 0 aromatic carbocycles. The molecule has 2 aromatic heterocycles. The molecule has 0 radical (unpaired) electrons. The van der Waals surface area contributed by atoms with Gasteiger partial charge in [-0.1, -0.05) is 6.58 Å². The molecule has 0 saturated carbocycles. The molecule has 0 bridgehead atoms. The molecule has 10 nitrogen and oxygen atoms in total. The van der Waals surface area contributed by atoms with E-state index in [1.807, 2.05) is 0 Å². The van der Waals surface area contributed by atoms with E-state index in [9.17, 15) is 4.57 Å². The second-order valence-corrected chi connectivity index (χ2v) is 6.30. The van der Waals surface area contributed by atoms with Crippen LogP contribution in [-0.2, 0) is 15.8 Å². The van der Waals surface area contributed by atoms with Gasteiger partial charge in [0.2, 0.25) is 5.95 Å². The van der Waals surface area contributed by atoms with Crippen LogP contribution in [0.2, 0.25) is 0 Å². The number of fused-ring (bicyclic) bond motifs is 1. The highest BCUT2D eigenvalue weighted by Gasteiger charge is 2.17. The standard InChI is InChI=1S/C11H17N6O4P/c1-6(2)9-14-7-8(12)15-11(13)16-10(7)17(9)3-4-21-5-22(18,19)20/h1,3-5H2,2H3,(H2,18,19,20)(H4,12,13,15,16). The fourth-order valence-corrected chi connectivity index (χ4v) is 2.28. The third-order valence-corrected chi connectivity index (χ3v) is 3.26. The summed E-state index contributed by atoms with van der Waals surface area (Å²) in [4.78, 5) is 29.8. The van der Waals surface area contributed by atoms with Crippen molar-refractivity contribution in [2.75, 3.05) is 24.4 Å². The maximum absolute atomic E-state index is 10.8. The van der Waals surface area contributed by atoms with E-state index < -0.39 is 13.9 Å². The predicted octanol–water partition coefficient (Wildman–Crippen LogP) is 0.176. The fourth-order valence-electron chi connectivity index (χ4n) is 1.92. The first-order valence-corrected chi connectivity index (χ1v) is 8.06. The lowest BCUT2D eigenvalue weighted by Crippen LogP contribution is -2.11. The molecule has 2 aromatic rings. The van der Waals surface area contributed by atoms with E-state index in [0.29, 0.717) is 22.6 Å². The minimum Gasteiger partial charge on any atom is -0.382 e. The monoisotopic (exact) mass is 328 g/mol. The molecule has 6 N–H and O–H groups in total. The van der Waals surface area contributed by atoms with Gasteiger partial charge in [-0.2, -0.15) is 9.97 Å². The first-order valence-electron chi connectivity index (χ1n) is 6.26. The summed E-state index contributed by atoms with van der Waals surface area (Å²) in [7, 11) is -4.20. The lowest BCUT2D eigenvalue weighted by atomic mass is 10.3. The Kier molecular flexibility index (Phi) is 4.47. The molecule has 22 heavy (non-hydrogen) atoms. The number of rotatable bonds is 6. The van der Waals surface area contributed by atoms with Crippen molar-refractivity contribution < 1.29 is 19.1 Å². The SMILES string of the molecule is C=C(C)c1nc2c(N)nc(N)nc2n1CCOCP(=O)(O)O. The molecule has 0 atom stereocenters. The van der Waals surface area contributed by atoms with Crippen LogP contribution >= 0.6 is 7.60 Å². The number of hydrogen-bond acceptors (Lipinski definition) is 7. The second-order valence-electron chi connectivity index (χ2n) is 4.71. The summed E-state index contributed by atoms with van der Waals surface area (Å²) in [6.07, 6.45) is -0.651. The smallest absolute Gasteiger partial charge is 0.350 e. The zero-order valence-electron chi connectivity index (χ0n) is 11.9. The quantitative estimate of drug-likeness (QED) is 0.427. The Morgan fingerprint density at radius 1 is 1.36 bits per heavy atom. The van der Waals surface area contributed by atoms with E-state index in [-0.39, 0.29) is 24.9 Å². The van der Waals surface area contributed by atoms with Crippen LogP contribution < -0.4 is 11.5 Å². The van der Waals surface area contributed by atoms with Crippen molar-refractivity contribution in [2.24, 2.45) is 0 Å². The van der Waals surface area contributed by atoms with Crippen molar-refractivity contribution in [3.63, 3.8) is 0 Å². The molecule has 0 aliphatic rings. The van der Waals surface area contributed by atoms with Crippen LogP contribution in [0.1, 0.15) is 12.7 Å². The van der Waals surface area contributed by atoms with E-state index in [4.69, 9.17) is 26.0 Å². The maximum atomic E-state index is 10.8. The summed E-state index contributed by atoms with van der Waals surface area (Å²) < 4.78 is 17.4. The lowest BCUT2D eigenvalue weighted by molar-refractivity contribution is 0.149. The number of nitrogens with zero attached hydrogens (tertiary/aromatic N) is 4. The van der Waals surface area contributed by atoms with E-state index in [0.717, 1.165) is 0 Å². The lowest BCUT2D eigenvalue weighted by Gasteiger charge is -2.10. The third kappa shape index (κ3) is 3.60. The fraction of sp³-hybridized carbons (Fsp3) is 0.364. The molecule has 0 spiro atoms. The van der Waals surface area contributed by atoms with Gasteiger partial charge in [-0.3, -0.25) is 4.57 Å². The Hall–Kier alpha value is -2.00. The van der Waals surface area contributed by atoms with Crippen LogP contribution in [0.25, 0.3) is 16.7 Å². The highest BCUT2D eigenvalue weighted by molar-refractivity contribution is 7.51. The highest BCUT2D eigenvalue weighted by Crippen LogP contribution is 2.33. The summed E-state index contributed by atoms with van der Waals surface area (Å²) in [6.45, 7) is 5.91. The van der Waals surface area contributed by atoms with Crippen LogP contribution in [0.3, 0.4) is 0 Å². The Morgan fingerprint density at radius 2 is 2.05 bits per heavy atom. The summed E-state index contributed by atoms with van der Waals surface area (Å²) in [5, 5.41) is 0. The maximum Gasteiger partial charge on any atom is 0.350 e. The van der Waals surface area contributed by atoms with Crippen molar-refractivity contribution in [1.29, 1.82) is 0 Å². The van der Waals surface area contributed by atoms with Crippen LogP contribution in [0.15, 0.2) is 6.58 Å². The average Bonchev–Trinajstić information content (AvgIpc) is 2.73. The van der Waals surface area contributed by atoms with E-state index in [1.165, 1.54) is 0 Å². The minimum atomic E-state index is -4.20. The van der Waals surface area contributed by atoms with Gasteiger partial charge < -0.3 is 30.6 Å². The van der Waals surface area contributed by atoms with Gasteiger partial charge in [0.05, 0.1) is 6.61 Å². The topological polar surface area (TPSA) is 162 Å². The van der Waals surface area contributed by atoms with Crippen LogP contribution in [-0.4, -0.2) is 42.3 Å². The number of hydrogen-bond donors (Lipinski definition) is 4. The number of anilines is 2. The van der Waals surface area contributed by atoms with Crippen LogP contribution in [0.4, 0.5) is 11.8 Å². The molecule has 11 heteroatoms. The van der Waals surface area contributed by atoms with Gasteiger partial charge in [-0.05, 0) is 12.5 Å². The Morgan fingerprint density at radius 3 is 2.64 bits per heavy atom. The normalized spacial score (nSPS) is 12.0. The van der Waals surface area contributed by atoms with Crippen LogP contribution in [0, 0.1) is 0 Å². The number of aromatic nitrogens is 4. The molecular formula is C11H17N6O4P. The summed E-state index contributed by atoms with van der Waals surface area (Å²) in [5.74, 6) is 0.691. The van der Waals surface area contributed by atoms with Crippen molar-refractivity contribution in [3.8, 4) is 0 Å². The van der Waals surface area contributed by atoms with Gasteiger partial charge in [-0.25, -0.2) is 4.98 Å². The molecular weight excluding hydrogens is 311 g/mol. The molecule has 0 unspecified atom stereocenters. The van der Waals surface area contributed by atoms with Gasteiger partial charge in [0.15, 0.2) is 17.0 Å². The average molecular weight is 328 g/mol. The highest BCUT2D eigenvalue weighted by atomic mass is 31.2. The Bertz CT molecular complexity index is 768. The molecule has 2 rings (SSSR count). The molecule has 0 aliphatic heterocycles. The van der Waals surface area contributed by atoms with Crippen molar-refractivity contribution in [1.82, 2.24) is 19.5 Å². The van der Waals surface area contributed by atoms with E-state index in [1.54, 1.807) is 11.5 Å². The largest absolute Gasteiger partial charge is 0.382 e. The summed E-state index contributed by atoms with van der Waals surface area (Å²) in [6, 6.07) is 0. The number of ether oxygens (including phenoxy) is 1. The molecule has 120 valence electrons. The number of nitrogens with two attached hydrogens (primary N) is 2. The first kappa shape index (κ1) is 16.4. The Balaban J connectivity index is 2.32. The first-order chi connectivity index (χ1) is 10.2. The molecule has 0 fully saturated rings. The third-order valence-electron chi connectivity index (χ3n) is 2.74. The van der Waals surface area contributed by atoms with Gasteiger partial charge in [0, 0.05) is 6.54 Å². The summed E-state index contributed by atoms with van der Waals surface area (Å²) in [5.41, 5.74) is 12.9. The Labute approximate surface area is 126 Å². The van der Waals surface area contributed by atoms with Crippen molar-refractivity contribution in [2.45, 2.75) is 13.5 Å². The van der Waals surface area contributed by atoms with Crippen LogP contribution in [0.5, 0.6) is 0 Å². The van der Waals surface area contributed by atoms with Gasteiger partial charge in [0.25, 0.3) is 0 Å². The minimum absolute atomic E-state index is 0.00977. The molecule has 0 aliphatic carbocycles. The zero-order chi connectivity index (χ0) is 16.5. The van der Waals surface area contributed by atoms with Gasteiger partial charge >= 0.3 is 7.60 Å². The summed E-state index contributed by atoms with van der Waals surface area (Å²) >= 11 is 0. The van der Waals surface area contributed by atoms with Gasteiger partial charge in [0.1, 0.15) is 12.2 Å². The number of allylic oxidation sites excluding steroid dienone is 1. The number of imidazole rings is 1. The second kappa shape index (κ2) is 6.01. The predicted molar refractivity (Wildman–Crippen MR) is 81.7 cm³/mol. The van der Waals surface area contributed by atoms with Crippen molar-refractivity contribution >= 4 is 36.1 Å². The van der Waals surface area contributed by atoms with E-state index in [2.05, 4.69) is 21.5 Å². The zero-order valence-corrected chi connectivity index (χ0v) is 12.8. The van der Waals surface area contributed by atoms with E-state index >= 15 is 0 Å². The molecule has 0 saturated heterocycles. The van der Waals surface area contributed by atoms with Crippen molar-refractivity contribution in [3.05, 3.63) is 12.4 Å². The number of nitrogen functional groups attached to an aromatic ring is 2.